The Balaban J connectivity index is 1.54. The molecule has 4 rings (SSSR count). The highest BCUT2D eigenvalue weighted by Crippen LogP contribution is 2.32. The summed E-state index contributed by atoms with van der Waals surface area (Å²) in [6, 6.07) is 23.6. The topological polar surface area (TPSA) is 162 Å². The highest BCUT2D eigenvalue weighted by molar-refractivity contribution is 5.77. The number of benzene rings is 3. The van der Waals surface area contributed by atoms with E-state index in [1.54, 1.807) is 48.5 Å². The summed E-state index contributed by atoms with van der Waals surface area (Å²) >= 11 is 0. The van der Waals surface area contributed by atoms with Crippen LogP contribution in [0.25, 0.3) is 10.9 Å². The molecular weight excluding hydrogens is 494 g/mol. The van der Waals surface area contributed by atoms with Gasteiger partial charge in [-0.05, 0) is 60.5 Å². The van der Waals surface area contributed by atoms with Crippen LogP contribution in [0.15, 0.2) is 81.8 Å². The van der Waals surface area contributed by atoms with Gasteiger partial charge >= 0.3 is 0 Å². The number of rotatable bonds is 10. The summed E-state index contributed by atoms with van der Waals surface area (Å²) in [5, 5.41) is 47.4. The van der Waals surface area contributed by atoms with Gasteiger partial charge in [0.15, 0.2) is 0 Å². The number of nitriles is 2. The average molecular weight is 522 g/mol. The van der Waals surface area contributed by atoms with Gasteiger partial charge in [0, 0.05) is 18.8 Å². The quantitative estimate of drug-likeness (QED) is 0.261. The first-order valence-corrected chi connectivity index (χ1v) is 12.4. The maximum Gasteiger partial charge on any atom is 0.258 e. The highest BCUT2D eigenvalue weighted by atomic mass is 16.3. The molecule has 39 heavy (non-hydrogen) atoms. The second-order valence-corrected chi connectivity index (χ2v) is 8.88. The van der Waals surface area contributed by atoms with Crippen LogP contribution in [0.3, 0.4) is 0 Å². The molecule has 0 saturated heterocycles. The highest BCUT2D eigenvalue weighted by Gasteiger charge is 2.27. The molecule has 196 valence electrons. The van der Waals surface area contributed by atoms with Crippen LogP contribution in [0.5, 0.6) is 0 Å². The summed E-state index contributed by atoms with van der Waals surface area (Å²) in [4.78, 5) is 21.5. The third-order valence-corrected chi connectivity index (χ3v) is 6.35. The van der Waals surface area contributed by atoms with Gasteiger partial charge in [-0.1, -0.05) is 24.3 Å². The molecule has 0 aliphatic carbocycles. The van der Waals surface area contributed by atoms with Gasteiger partial charge in [-0.3, -0.25) is 4.79 Å². The number of azo groups is 1. The molecule has 2 unspecified atom stereocenters. The summed E-state index contributed by atoms with van der Waals surface area (Å²) < 4.78 is 0. The molecular formula is C29H27N7O3. The van der Waals surface area contributed by atoms with Crippen molar-refractivity contribution in [3.8, 4) is 12.1 Å². The van der Waals surface area contributed by atoms with Crippen LogP contribution < -0.4 is 10.5 Å². The molecule has 10 heteroatoms. The van der Waals surface area contributed by atoms with Crippen LogP contribution in [-0.2, 0) is 0 Å². The number of H-pyrrole nitrogens is 1. The van der Waals surface area contributed by atoms with Crippen LogP contribution in [0.2, 0.25) is 0 Å². The normalized spacial score (nSPS) is 12.6. The number of aryl methyl sites for hydroxylation is 1. The Morgan fingerprint density at radius 2 is 1.64 bits per heavy atom. The van der Waals surface area contributed by atoms with Crippen LogP contribution in [0.4, 0.5) is 17.1 Å². The lowest BCUT2D eigenvalue weighted by atomic mass is 9.87. The zero-order valence-electron chi connectivity index (χ0n) is 21.3. The number of aromatic amines is 1. The lowest BCUT2D eigenvalue weighted by molar-refractivity contribution is 0.281. The zero-order chi connectivity index (χ0) is 27.8. The van der Waals surface area contributed by atoms with E-state index in [4.69, 9.17) is 0 Å². The number of nitrogens with zero attached hydrogens (tertiary/aromatic N) is 6. The van der Waals surface area contributed by atoms with E-state index in [-0.39, 0.29) is 24.6 Å². The number of aliphatic hydroxyl groups excluding tert-OH is 2. The fraction of sp³-hybridized carbons (Fsp3) is 0.241. The van der Waals surface area contributed by atoms with E-state index in [0.29, 0.717) is 40.9 Å². The van der Waals surface area contributed by atoms with E-state index < -0.39 is 11.8 Å². The first-order valence-electron chi connectivity index (χ1n) is 12.4. The molecule has 10 nitrogen and oxygen atoms in total. The van der Waals surface area contributed by atoms with E-state index in [1.807, 2.05) is 30.0 Å². The molecule has 0 bridgehead atoms. The van der Waals surface area contributed by atoms with Crippen LogP contribution in [0, 0.1) is 29.6 Å². The number of aliphatic hydroxyl groups is 2. The molecule has 1 aromatic heterocycles. The molecule has 0 aliphatic rings. The lowest BCUT2D eigenvalue weighted by Gasteiger charge is -2.23. The summed E-state index contributed by atoms with van der Waals surface area (Å²) in [5.41, 5.74) is 3.67. The van der Waals surface area contributed by atoms with Crippen molar-refractivity contribution in [3.05, 3.63) is 94.0 Å². The molecule has 3 aromatic carbocycles. The molecule has 0 saturated carbocycles. The zero-order valence-corrected chi connectivity index (χ0v) is 21.3. The summed E-state index contributed by atoms with van der Waals surface area (Å²) in [6.07, 6.45) is 0. The maximum atomic E-state index is 12.5. The number of hydrogen-bond donors (Lipinski definition) is 3. The second kappa shape index (κ2) is 12.6. The van der Waals surface area contributed by atoms with Gasteiger partial charge in [0.05, 0.1) is 53.5 Å². The summed E-state index contributed by atoms with van der Waals surface area (Å²) in [7, 11) is 0. The Labute approximate surface area is 225 Å². The Morgan fingerprint density at radius 1 is 0.949 bits per heavy atom. The Kier molecular flexibility index (Phi) is 8.75. The van der Waals surface area contributed by atoms with Gasteiger partial charge in [-0.15, -0.1) is 0 Å². The molecule has 0 amide bonds. The molecule has 1 heterocycles. The van der Waals surface area contributed by atoms with Crippen LogP contribution >= 0.6 is 0 Å². The van der Waals surface area contributed by atoms with Crippen LogP contribution in [-0.4, -0.2) is 46.5 Å². The maximum absolute atomic E-state index is 12.5. The van der Waals surface area contributed by atoms with Crippen molar-refractivity contribution in [1.82, 2.24) is 9.97 Å². The van der Waals surface area contributed by atoms with Crippen molar-refractivity contribution in [2.24, 2.45) is 10.2 Å². The van der Waals surface area contributed by atoms with Gasteiger partial charge in [0.1, 0.15) is 11.7 Å². The smallest absolute Gasteiger partial charge is 0.258 e. The SMILES string of the molecule is Cc1cc(N(CCO)CCO)ccc1N=Nc1ccc(C(C#N)C(C#N)c2nc3ccccc3c(=O)[nH]2)cc1. The van der Waals surface area contributed by atoms with E-state index in [2.05, 4.69) is 32.3 Å². The van der Waals surface area contributed by atoms with Crippen molar-refractivity contribution >= 4 is 28.0 Å². The molecule has 0 radical (unpaired) electrons. The Morgan fingerprint density at radius 3 is 2.28 bits per heavy atom. The Hall–Kier alpha value is -4.90. The number of anilines is 1. The number of aromatic nitrogens is 2. The third-order valence-electron chi connectivity index (χ3n) is 6.35. The standard InChI is InChI=1S/C29H27N7O3/c1-19-16-22(36(12-14-37)13-15-38)10-11-26(19)35-34-21-8-6-20(7-9-21)24(17-30)25(18-31)28-32-27-5-3-2-4-23(27)29(39)33-28/h2-11,16,24-25,37-38H,12-15H2,1H3,(H,32,33,39). The fourth-order valence-electron chi connectivity index (χ4n) is 4.31. The lowest BCUT2D eigenvalue weighted by Crippen LogP contribution is -2.29. The second-order valence-electron chi connectivity index (χ2n) is 8.88. The minimum Gasteiger partial charge on any atom is -0.395 e. The van der Waals surface area contributed by atoms with Crippen molar-refractivity contribution in [1.29, 1.82) is 10.5 Å². The van der Waals surface area contributed by atoms with Gasteiger partial charge < -0.3 is 20.1 Å². The fourth-order valence-corrected chi connectivity index (χ4v) is 4.31. The van der Waals surface area contributed by atoms with E-state index in [9.17, 15) is 25.5 Å². The minimum absolute atomic E-state index is 0.0189. The predicted molar refractivity (Wildman–Crippen MR) is 147 cm³/mol. The average Bonchev–Trinajstić information content (AvgIpc) is 2.95. The molecule has 4 aromatic rings. The summed E-state index contributed by atoms with van der Waals surface area (Å²) in [5.74, 6) is -1.69. The van der Waals surface area contributed by atoms with Crippen molar-refractivity contribution < 1.29 is 10.2 Å². The molecule has 0 aliphatic heterocycles. The summed E-state index contributed by atoms with van der Waals surface area (Å²) in [6.45, 7) is 2.69. The molecule has 0 fully saturated rings. The van der Waals surface area contributed by atoms with Crippen molar-refractivity contribution in [2.45, 2.75) is 18.8 Å². The van der Waals surface area contributed by atoms with Crippen LogP contribution in [0.1, 0.15) is 28.8 Å². The third kappa shape index (κ3) is 6.16. The van der Waals surface area contributed by atoms with Crippen molar-refractivity contribution in [2.75, 3.05) is 31.2 Å². The first-order chi connectivity index (χ1) is 19.0. The van der Waals surface area contributed by atoms with Gasteiger partial charge in [-0.25, -0.2) is 4.98 Å². The largest absolute Gasteiger partial charge is 0.395 e. The van der Waals surface area contributed by atoms with E-state index in [1.165, 1.54) is 0 Å². The first kappa shape index (κ1) is 27.1. The number of fused-ring (bicyclic) bond motifs is 1. The number of hydrogen-bond acceptors (Lipinski definition) is 9. The van der Waals surface area contributed by atoms with E-state index >= 15 is 0 Å². The monoisotopic (exact) mass is 521 g/mol. The number of para-hydroxylation sites is 1. The molecule has 0 spiro atoms. The van der Waals surface area contributed by atoms with Gasteiger partial charge in [-0.2, -0.15) is 20.8 Å². The molecule has 2 atom stereocenters. The minimum atomic E-state index is -0.975. The van der Waals surface area contributed by atoms with E-state index in [0.717, 1.165) is 11.3 Å². The van der Waals surface area contributed by atoms with Gasteiger partial charge in [0.25, 0.3) is 5.56 Å². The predicted octanol–water partition coefficient (Wildman–Crippen LogP) is 4.35. The molecule has 3 N–H and O–H groups in total. The van der Waals surface area contributed by atoms with Crippen molar-refractivity contribution in [3.63, 3.8) is 0 Å². The Bertz CT molecular complexity index is 1610. The number of nitrogens with one attached hydrogen (secondary N) is 1. The van der Waals surface area contributed by atoms with Gasteiger partial charge in [0.2, 0.25) is 0 Å².